The quantitative estimate of drug-likeness (QED) is 0.356. The first-order chi connectivity index (χ1) is 5.69. The minimum atomic E-state index is -0.477. The van der Waals surface area contributed by atoms with Crippen molar-refractivity contribution in [2.75, 3.05) is 7.05 Å². The second-order valence-corrected chi connectivity index (χ2v) is 2.30. The largest absolute Gasteiger partial charge is 0.404 e. The Bertz CT molecular complexity index is 291. The lowest BCUT2D eigenvalue weighted by molar-refractivity contribution is -0.128. The van der Waals surface area contributed by atoms with E-state index in [0.29, 0.717) is 5.71 Å². The summed E-state index contributed by atoms with van der Waals surface area (Å²) in [6.07, 6.45) is 1.27. The first-order valence-electron chi connectivity index (χ1n) is 3.41. The molecule has 0 spiro atoms. The zero-order valence-electron chi connectivity index (χ0n) is 6.63. The molecule has 5 heteroatoms. The van der Waals surface area contributed by atoms with Gasteiger partial charge in [0.25, 0.3) is 5.91 Å². The van der Waals surface area contributed by atoms with Crippen molar-refractivity contribution in [3.8, 4) is 0 Å². The van der Waals surface area contributed by atoms with Crippen molar-refractivity contribution in [1.82, 2.24) is 5.32 Å². The van der Waals surface area contributed by atoms with Gasteiger partial charge in [-0.1, -0.05) is 0 Å². The van der Waals surface area contributed by atoms with Crippen LogP contribution in [0.4, 0.5) is 0 Å². The van der Waals surface area contributed by atoms with Crippen LogP contribution in [0.25, 0.3) is 0 Å². The van der Waals surface area contributed by atoms with Gasteiger partial charge in [0.05, 0.1) is 17.7 Å². The van der Waals surface area contributed by atoms with Gasteiger partial charge in [-0.15, -0.1) is 0 Å². The van der Waals surface area contributed by atoms with Crippen LogP contribution in [0.2, 0.25) is 0 Å². The van der Waals surface area contributed by atoms with Gasteiger partial charge in [-0.05, 0) is 0 Å². The van der Waals surface area contributed by atoms with Crippen LogP contribution < -0.4 is 11.1 Å². The van der Waals surface area contributed by atoms with Crippen molar-refractivity contribution in [3.63, 3.8) is 0 Å². The van der Waals surface area contributed by atoms with Crippen LogP contribution in [0, 0.1) is 0 Å². The molecular weight excluding hydrogens is 158 g/mol. The van der Waals surface area contributed by atoms with Crippen molar-refractivity contribution < 1.29 is 9.59 Å². The average molecular weight is 167 g/mol. The number of nitrogens with zero attached hydrogens (tertiary/aromatic N) is 1. The van der Waals surface area contributed by atoms with E-state index in [2.05, 4.69) is 10.3 Å². The van der Waals surface area contributed by atoms with Crippen molar-refractivity contribution in [2.24, 2.45) is 10.7 Å². The van der Waals surface area contributed by atoms with Crippen molar-refractivity contribution >= 4 is 17.5 Å². The highest BCUT2D eigenvalue weighted by molar-refractivity contribution is 6.32. The summed E-state index contributed by atoms with van der Waals surface area (Å²) in [6.45, 7) is 0. The highest BCUT2D eigenvalue weighted by Gasteiger charge is 2.25. The fourth-order valence-corrected chi connectivity index (χ4v) is 0.988. The van der Waals surface area contributed by atoms with Crippen molar-refractivity contribution in [3.05, 3.63) is 11.8 Å². The Labute approximate surface area is 69.3 Å². The van der Waals surface area contributed by atoms with E-state index in [-0.39, 0.29) is 17.9 Å². The van der Waals surface area contributed by atoms with E-state index in [9.17, 15) is 9.59 Å². The van der Waals surface area contributed by atoms with Gasteiger partial charge in [-0.3, -0.25) is 19.9 Å². The first-order valence-corrected chi connectivity index (χ1v) is 3.41. The summed E-state index contributed by atoms with van der Waals surface area (Å²) in [7, 11) is 1.52. The second-order valence-electron chi connectivity index (χ2n) is 2.30. The Morgan fingerprint density at radius 2 is 2.25 bits per heavy atom. The number of carbonyl (C=O) groups excluding carboxylic acids is 2. The third kappa shape index (κ3) is 1.34. The number of hydrogen-bond donors (Lipinski definition) is 2. The zero-order chi connectivity index (χ0) is 9.14. The lowest BCUT2D eigenvalue weighted by Crippen LogP contribution is -2.41. The molecule has 0 radical (unpaired) electrons. The predicted octanol–water partition coefficient (Wildman–Crippen LogP) is -1.05. The van der Waals surface area contributed by atoms with Gasteiger partial charge in [-0.2, -0.15) is 0 Å². The molecule has 0 aromatic heterocycles. The van der Waals surface area contributed by atoms with E-state index < -0.39 is 5.91 Å². The summed E-state index contributed by atoms with van der Waals surface area (Å²) in [5.74, 6) is -0.819. The molecule has 3 N–H and O–H groups in total. The summed E-state index contributed by atoms with van der Waals surface area (Å²) >= 11 is 0. The monoisotopic (exact) mass is 167 g/mol. The van der Waals surface area contributed by atoms with Crippen LogP contribution in [-0.2, 0) is 9.59 Å². The van der Waals surface area contributed by atoms with E-state index in [1.165, 1.54) is 7.05 Å². The molecule has 0 aliphatic carbocycles. The predicted molar refractivity (Wildman–Crippen MR) is 43.4 cm³/mol. The lowest BCUT2D eigenvalue weighted by Gasteiger charge is -2.14. The van der Waals surface area contributed by atoms with Crippen LogP contribution in [0.1, 0.15) is 6.42 Å². The molecule has 1 saturated heterocycles. The van der Waals surface area contributed by atoms with Gasteiger partial charge in [0.1, 0.15) is 0 Å². The molecule has 1 rings (SSSR count). The minimum Gasteiger partial charge on any atom is -0.404 e. The van der Waals surface area contributed by atoms with Crippen molar-refractivity contribution in [1.29, 1.82) is 0 Å². The molecule has 1 aliphatic heterocycles. The topological polar surface area (TPSA) is 84.5 Å². The number of aliphatic imine (C=N–C) groups is 1. The fraction of sp³-hybridized carbons (Fsp3) is 0.286. The highest BCUT2D eigenvalue weighted by Crippen LogP contribution is 2.06. The number of piperidine rings is 1. The zero-order valence-corrected chi connectivity index (χ0v) is 6.63. The van der Waals surface area contributed by atoms with Crippen LogP contribution in [0.5, 0.6) is 0 Å². The number of rotatable bonds is 0. The number of nitrogens with one attached hydrogen (secondary N) is 1. The molecule has 12 heavy (non-hydrogen) atoms. The van der Waals surface area contributed by atoms with Crippen LogP contribution in [-0.4, -0.2) is 24.6 Å². The Morgan fingerprint density at radius 3 is 2.75 bits per heavy atom. The molecule has 0 atom stereocenters. The molecular formula is C7H9N3O2. The number of hydrogen-bond acceptors (Lipinski definition) is 4. The summed E-state index contributed by atoms with van der Waals surface area (Å²) < 4.78 is 0. The van der Waals surface area contributed by atoms with Crippen molar-refractivity contribution in [2.45, 2.75) is 6.42 Å². The third-order valence-corrected chi connectivity index (χ3v) is 1.57. The average Bonchev–Trinajstić information content (AvgIpc) is 2.03. The molecule has 1 aliphatic rings. The van der Waals surface area contributed by atoms with Crippen LogP contribution in [0.15, 0.2) is 16.8 Å². The lowest BCUT2D eigenvalue weighted by atomic mass is 10.0. The molecule has 2 amide bonds. The van der Waals surface area contributed by atoms with E-state index in [4.69, 9.17) is 5.73 Å². The molecule has 0 saturated carbocycles. The third-order valence-electron chi connectivity index (χ3n) is 1.57. The maximum absolute atomic E-state index is 11.0. The molecule has 0 aromatic carbocycles. The Balaban J connectivity index is 3.01. The second kappa shape index (κ2) is 3.17. The Morgan fingerprint density at radius 1 is 1.58 bits per heavy atom. The number of nitrogens with two attached hydrogens (primary N) is 1. The maximum atomic E-state index is 11.0. The molecule has 0 bridgehead atoms. The van der Waals surface area contributed by atoms with Gasteiger partial charge in [0, 0.05) is 13.2 Å². The van der Waals surface area contributed by atoms with Gasteiger partial charge < -0.3 is 5.73 Å². The SMILES string of the molecule is C/N=C1/CC(=O)NC(=O)/C1=C/N. The van der Waals surface area contributed by atoms with Gasteiger partial charge in [-0.25, -0.2) is 0 Å². The first kappa shape index (κ1) is 8.45. The van der Waals surface area contributed by atoms with Gasteiger partial charge in [0.15, 0.2) is 0 Å². The highest BCUT2D eigenvalue weighted by atomic mass is 16.2. The summed E-state index contributed by atoms with van der Waals surface area (Å²) in [5, 5.41) is 2.14. The molecule has 5 nitrogen and oxygen atoms in total. The van der Waals surface area contributed by atoms with Crippen LogP contribution >= 0.6 is 0 Å². The fourth-order valence-electron chi connectivity index (χ4n) is 0.988. The smallest absolute Gasteiger partial charge is 0.261 e. The Kier molecular flexibility index (Phi) is 2.23. The van der Waals surface area contributed by atoms with E-state index in [1.54, 1.807) is 0 Å². The molecule has 1 heterocycles. The van der Waals surface area contributed by atoms with E-state index in [0.717, 1.165) is 6.20 Å². The number of amides is 2. The molecule has 1 fully saturated rings. The Hall–Kier alpha value is -1.65. The summed E-state index contributed by atoms with van der Waals surface area (Å²) in [5.41, 5.74) is 5.90. The number of imide groups is 1. The molecule has 0 unspecified atom stereocenters. The van der Waals surface area contributed by atoms with E-state index >= 15 is 0 Å². The van der Waals surface area contributed by atoms with Gasteiger partial charge in [0.2, 0.25) is 5.91 Å². The van der Waals surface area contributed by atoms with Crippen LogP contribution in [0.3, 0.4) is 0 Å². The number of carbonyl (C=O) groups is 2. The standard InChI is InChI=1S/C7H9N3O2/c1-9-5-2-6(11)10-7(12)4(5)3-8/h3H,2,8H2,1H3,(H,10,11,12)/b4-3+,9-5-. The normalized spacial score (nSPS) is 24.8. The summed E-state index contributed by atoms with van der Waals surface area (Å²) in [6, 6.07) is 0. The minimum absolute atomic E-state index is 0.116. The molecule has 0 aromatic rings. The summed E-state index contributed by atoms with van der Waals surface area (Å²) in [4.78, 5) is 25.7. The molecule has 64 valence electrons. The van der Waals surface area contributed by atoms with Gasteiger partial charge >= 0.3 is 0 Å². The van der Waals surface area contributed by atoms with E-state index in [1.807, 2.05) is 0 Å². The maximum Gasteiger partial charge on any atom is 0.261 e.